The minimum atomic E-state index is -0.980. The summed E-state index contributed by atoms with van der Waals surface area (Å²) in [6.07, 6.45) is 1.80. The van der Waals surface area contributed by atoms with E-state index in [-0.39, 0.29) is 5.56 Å². The largest absolute Gasteiger partial charge is 0.478 e. The highest BCUT2D eigenvalue weighted by Gasteiger charge is 2.16. The van der Waals surface area contributed by atoms with Crippen LogP contribution in [0.25, 0.3) is 17.3 Å². The number of aryl methyl sites for hydroxylation is 1. The fraction of sp³-hybridized carbons (Fsp3) is 0.0909. The van der Waals surface area contributed by atoms with Crippen LogP contribution in [-0.4, -0.2) is 15.6 Å². The molecule has 1 heterocycles. The van der Waals surface area contributed by atoms with Crippen LogP contribution in [0.3, 0.4) is 0 Å². The number of carboxylic acids is 1. The van der Waals surface area contributed by atoms with Gasteiger partial charge in [-0.25, -0.2) is 4.79 Å². The van der Waals surface area contributed by atoms with Crippen LogP contribution in [0.5, 0.6) is 0 Å². The van der Waals surface area contributed by atoms with Crippen molar-refractivity contribution in [3.8, 4) is 11.8 Å². The van der Waals surface area contributed by atoms with Gasteiger partial charge in [-0.15, -0.1) is 0 Å². The van der Waals surface area contributed by atoms with Gasteiger partial charge in [0, 0.05) is 16.4 Å². The molecule has 0 bridgehead atoms. The maximum atomic E-state index is 11.6. The van der Waals surface area contributed by atoms with Gasteiger partial charge in [-0.1, -0.05) is 35.9 Å². The minimum Gasteiger partial charge on any atom is -0.478 e. The summed E-state index contributed by atoms with van der Waals surface area (Å²) >= 11 is 6.04. The van der Waals surface area contributed by atoms with Crippen LogP contribution in [0.2, 0.25) is 5.02 Å². The van der Waals surface area contributed by atoms with E-state index in [4.69, 9.17) is 11.6 Å². The summed E-state index contributed by atoms with van der Waals surface area (Å²) < 4.78 is 1.89. The van der Waals surface area contributed by atoms with Crippen LogP contribution in [0.4, 0.5) is 0 Å². The molecule has 1 N–H and O–H groups in total. The second kappa shape index (κ2) is 7.53. The number of aromatic carboxylic acids is 1. The van der Waals surface area contributed by atoms with Gasteiger partial charge in [0.1, 0.15) is 0 Å². The van der Waals surface area contributed by atoms with Gasteiger partial charge in [-0.3, -0.25) is 0 Å². The molecule has 4 nitrogen and oxygen atoms in total. The van der Waals surface area contributed by atoms with Crippen LogP contribution in [0.1, 0.15) is 32.9 Å². The molecule has 0 aliphatic heterocycles. The second-order valence-electron chi connectivity index (χ2n) is 6.16. The number of allylic oxidation sites excluding steroid dienone is 1. The Morgan fingerprint density at radius 1 is 1.15 bits per heavy atom. The molecule has 0 unspecified atom stereocenters. The Bertz CT molecular complexity index is 1100. The standard InChI is InChI=1S/C22H17ClN2O2/c1-14-10-17(11-18(13-24)16-6-5-7-19(23)12-16)15(2)25(14)21-9-4-3-8-20(21)22(26)27/h3-12H,1-2H3,(H,26,27)/b18-11-. The molecular formula is C22H17ClN2O2. The lowest BCUT2D eigenvalue weighted by Gasteiger charge is -2.12. The number of carbonyl (C=O) groups is 1. The molecule has 0 amide bonds. The van der Waals surface area contributed by atoms with Gasteiger partial charge in [0.15, 0.2) is 0 Å². The topological polar surface area (TPSA) is 66.0 Å². The molecule has 2 aromatic carbocycles. The second-order valence-corrected chi connectivity index (χ2v) is 6.60. The first kappa shape index (κ1) is 18.5. The molecule has 0 aliphatic rings. The summed E-state index contributed by atoms with van der Waals surface area (Å²) in [7, 11) is 0. The number of nitriles is 1. The average molecular weight is 377 g/mol. The van der Waals surface area contributed by atoms with Crippen LogP contribution in [0.15, 0.2) is 54.6 Å². The Balaban J connectivity index is 2.15. The van der Waals surface area contributed by atoms with Crippen LogP contribution in [-0.2, 0) is 0 Å². The molecular weight excluding hydrogens is 360 g/mol. The van der Waals surface area contributed by atoms with Gasteiger partial charge in [-0.2, -0.15) is 5.26 Å². The van der Waals surface area contributed by atoms with Crippen molar-refractivity contribution in [3.63, 3.8) is 0 Å². The molecule has 27 heavy (non-hydrogen) atoms. The third-order valence-electron chi connectivity index (χ3n) is 4.40. The molecule has 1 aromatic heterocycles. The number of carboxylic acid groups (broad SMARTS) is 1. The smallest absolute Gasteiger partial charge is 0.337 e. The highest BCUT2D eigenvalue weighted by molar-refractivity contribution is 6.30. The van der Waals surface area contributed by atoms with E-state index in [0.717, 1.165) is 22.5 Å². The van der Waals surface area contributed by atoms with Crippen molar-refractivity contribution in [2.75, 3.05) is 0 Å². The quantitative estimate of drug-likeness (QED) is 0.610. The molecule has 0 saturated carbocycles. The van der Waals surface area contributed by atoms with Crippen LogP contribution in [0, 0.1) is 25.2 Å². The Morgan fingerprint density at radius 3 is 2.56 bits per heavy atom. The number of nitrogens with zero attached hydrogens (tertiary/aromatic N) is 2. The van der Waals surface area contributed by atoms with Crippen molar-refractivity contribution in [2.24, 2.45) is 0 Å². The molecule has 5 heteroatoms. The van der Waals surface area contributed by atoms with E-state index in [1.807, 2.05) is 36.6 Å². The summed E-state index contributed by atoms with van der Waals surface area (Å²) in [5.41, 5.74) is 4.65. The third kappa shape index (κ3) is 3.64. The van der Waals surface area contributed by atoms with Crippen molar-refractivity contribution in [1.29, 1.82) is 5.26 Å². The zero-order valence-electron chi connectivity index (χ0n) is 14.9. The zero-order valence-corrected chi connectivity index (χ0v) is 15.7. The van der Waals surface area contributed by atoms with Gasteiger partial charge in [0.2, 0.25) is 0 Å². The van der Waals surface area contributed by atoms with E-state index in [9.17, 15) is 15.2 Å². The fourth-order valence-corrected chi connectivity index (χ4v) is 3.34. The van der Waals surface area contributed by atoms with Crippen molar-refractivity contribution < 1.29 is 9.90 Å². The first-order valence-electron chi connectivity index (χ1n) is 8.31. The van der Waals surface area contributed by atoms with Gasteiger partial charge >= 0.3 is 5.97 Å². The van der Waals surface area contributed by atoms with E-state index in [1.54, 1.807) is 42.5 Å². The van der Waals surface area contributed by atoms with E-state index in [1.165, 1.54) is 0 Å². The summed E-state index contributed by atoms with van der Waals surface area (Å²) in [6, 6.07) is 18.2. The fourth-order valence-electron chi connectivity index (χ4n) is 3.15. The summed E-state index contributed by atoms with van der Waals surface area (Å²) in [5.74, 6) is -0.980. The SMILES string of the molecule is Cc1cc(/C=C(/C#N)c2cccc(Cl)c2)c(C)n1-c1ccccc1C(=O)O. The van der Waals surface area contributed by atoms with E-state index < -0.39 is 5.97 Å². The average Bonchev–Trinajstić information content (AvgIpc) is 2.92. The first-order valence-corrected chi connectivity index (χ1v) is 8.69. The number of para-hydroxylation sites is 1. The molecule has 3 aromatic rings. The first-order chi connectivity index (χ1) is 12.9. The van der Waals surface area contributed by atoms with Crippen molar-refractivity contribution in [2.45, 2.75) is 13.8 Å². The van der Waals surface area contributed by atoms with Crippen molar-refractivity contribution in [1.82, 2.24) is 4.57 Å². The number of halogens is 1. The van der Waals surface area contributed by atoms with E-state index in [2.05, 4.69) is 6.07 Å². The lowest BCUT2D eigenvalue weighted by Crippen LogP contribution is -2.07. The Hall–Kier alpha value is -3.29. The van der Waals surface area contributed by atoms with Gasteiger partial charge in [0.25, 0.3) is 0 Å². The Labute approximate surface area is 162 Å². The Kier molecular flexibility index (Phi) is 5.16. The molecule has 0 saturated heterocycles. The molecule has 3 rings (SSSR count). The van der Waals surface area contributed by atoms with Gasteiger partial charge in [-0.05, 0) is 61.4 Å². The van der Waals surface area contributed by atoms with E-state index >= 15 is 0 Å². The highest BCUT2D eigenvalue weighted by atomic mass is 35.5. The van der Waals surface area contributed by atoms with Gasteiger partial charge in [0.05, 0.1) is 22.9 Å². The number of rotatable bonds is 4. The summed E-state index contributed by atoms with van der Waals surface area (Å²) in [4.78, 5) is 11.6. The van der Waals surface area contributed by atoms with Crippen molar-refractivity contribution >= 4 is 29.2 Å². The van der Waals surface area contributed by atoms with Gasteiger partial charge < -0.3 is 9.67 Å². The monoisotopic (exact) mass is 376 g/mol. The third-order valence-corrected chi connectivity index (χ3v) is 4.64. The maximum absolute atomic E-state index is 11.6. The number of hydrogen-bond acceptors (Lipinski definition) is 2. The van der Waals surface area contributed by atoms with Crippen molar-refractivity contribution in [3.05, 3.63) is 87.7 Å². The number of aromatic nitrogens is 1. The molecule has 134 valence electrons. The summed E-state index contributed by atoms with van der Waals surface area (Å²) in [6.45, 7) is 3.82. The van der Waals surface area contributed by atoms with E-state index in [0.29, 0.717) is 16.3 Å². The lowest BCUT2D eigenvalue weighted by atomic mass is 10.0. The molecule has 0 fully saturated rings. The number of benzene rings is 2. The maximum Gasteiger partial charge on any atom is 0.337 e. The highest BCUT2D eigenvalue weighted by Crippen LogP contribution is 2.27. The summed E-state index contributed by atoms with van der Waals surface area (Å²) in [5, 5.41) is 19.6. The van der Waals surface area contributed by atoms with Crippen LogP contribution < -0.4 is 0 Å². The van der Waals surface area contributed by atoms with Crippen LogP contribution >= 0.6 is 11.6 Å². The molecule has 0 atom stereocenters. The molecule has 0 aliphatic carbocycles. The lowest BCUT2D eigenvalue weighted by molar-refractivity contribution is 0.0697. The molecule has 0 radical (unpaired) electrons. The zero-order chi connectivity index (χ0) is 19.6. The number of hydrogen-bond donors (Lipinski definition) is 1. The normalized spacial score (nSPS) is 11.3. The predicted octanol–water partition coefficient (Wildman–Crippen LogP) is 5.51. The molecule has 0 spiro atoms. The Morgan fingerprint density at radius 2 is 1.89 bits per heavy atom. The minimum absolute atomic E-state index is 0.227. The predicted molar refractivity (Wildman–Crippen MR) is 107 cm³/mol.